The molecule has 3 N–H and O–H groups in total. The van der Waals surface area contributed by atoms with Crippen LogP contribution in [-0.4, -0.2) is 36.1 Å². The van der Waals surface area contributed by atoms with Gasteiger partial charge in [-0.2, -0.15) is 0 Å². The Hall–Kier alpha value is -1.33. The summed E-state index contributed by atoms with van der Waals surface area (Å²) >= 11 is 3.45. The first kappa shape index (κ1) is 14.6. The number of likely N-dealkylation sites (tertiary alicyclic amines) is 1. The number of halogens is 1. The number of nitrogens with two attached hydrogens (primary N) is 1. The molecule has 1 aliphatic heterocycles. The number of hydrogen-bond acceptors (Lipinski definition) is 4. The topological polar surface area (TPSA) is 54.2 Å². The number of pyridine rings is 1. The smallest absolute Gasteiger partial charge is 0.0954 e. The molecular formula is C16H21BrN4. The Bertz CT molecular complexity index is 643. The minimum absolute atomic E-state index is 0.716. The molecule has 1 atom stereocenters. The van der Waals surface area contributed by atoms with Crippen molar-refractivity contribution in [2.45, 2.75) is 13.3 Å². The molecule has 3 rings (SSSR count). The second-order valence-electron chi connectivity index (χ2n) is 5.68. The zero-order valence-electron chi connectivity index (χ0n) is 12.3. The number of rotatable bonds is 4. The monoisotopic (exact) mass is 348 g/mol. The third kappa shape index (κ3) is 3.14. The maximum absolute atomic E-state index is 6.05. The lowest BCUT2D eigenvalue weighted by atomic mass is 10.1. The number of anilines is 2. The van der Waals surface area contributed by atoms with Gasteiger partial charge in [-0.1, -0.05) is 6.92 Å². The molecule has 2 aromatic rings. The highest BCUT2D eigenvalue weighted by Gasteiger charge is 2.21. The van der Waals surface area contributed by atoms with Crippen LogP contribution in [0, 0.1) is 5.92 Å². The van der Waals surface area contributed by atoms with Crippen molar-refractivity contribution >= 4 is 38.2 Å². The maximum Gasteiger partial charge on any atom is 0.0954 e. The number of hydrogen-bond donors (Lipinski definition) is 2. The number of benzene rings is 1. The van der Waals surface area contributed by atoms with Gasteiger partial charge in [0.05, 0.1) is 11.2 Å². The Kier molecular flexibility index (Phi) is 4.31. The Morgan fingerprint density at radius 3 is 3.10 bits per heavy atom. The van der Waals surface area contributed by atoms with Crippen LogP contribution in [0.15, 0.2) is 28.9 Å². The summed E-state index contributed by atoms with van der Waals surface area (Å²) in [6, 6.07) is 6.01. The van der Waals surface area contributed by atoms with E-state index in [1.54, 1.807) is 0 Å². The summed E-state index contributed by atoms with van der Waals surface area (Å²) in [5.41, 5.74) is 8.84. The van der Waals surface area contributed by atoms with Gasteiger partial charge < -0.3 is 16.0 Å². The van der Waals surface area contributed by atoms with Gasteiger partial charge in [0.25, 0.3) is 0 Å². The molecule has 1 aliphatic rings. The molecular weight excluding hydrogens is 328 g/mol. The van der Waals surface area contributed by atoms with Gasteiger partial charge in [-0.3, -0.25) is 4.98 Å². The van der Waals surface area contributed by atoms with Crippen LogP contribution in [0.2, 0.25) is 0 Å². The lowest BCUT2D eigenvalue weighted by Gasteiger charge is -2.15. The normalized spacial score (nSPS) is 19.2. The van der Waals surface area contributed by atoms with Gasteiger partial charge >= 0.3 is 0 Å². The average Bonchev–Trinajstić information content (AvgIpc) is 2.95. The Morgan fingerprint density at radius 2 is 2.33 bits per heavy atom. The predicted molar refractivity (Wildman–Crippen MR) is 92.6 cm³/mol. The van der Waals surface area contributed by atoms with E-state index in [0.717, 1.165) is 39.8 Å². The molecule has 5 heteroatoms. The molecule has 0 bridgehead atoms. The Labute approximate surface area is 133 Å². The third-order valence-corrected chi connectivity index (χ3v) is 4.68. The van der Waals surface area contributed by atoms with Crippen molar-refractivity contribution in [2.75, 3.05) is 37.2 Å². The second-order valence-corrected chi connectivity index (χ2v) is 6.60. The largest absolute Gasteiger partial charge is 0.398 e. The van der Waals surface area contributed by atoms with Crippen molar-refractivity contribution in [1.82, 2.24) is 9.88 Å². The van der Waals surface area contributed by atoms with Crippen LogP contribution in [0.4, 0.5) is 11.4 Å². The lowest BCUT2D eigenvalue weighted by Crippen LogP contribution is -2.22. The molecule has 0 amide bonds. The summed E-state index contributed by atoms with van der Waals surface area (Å²) in [5.74, 6) is 0.716. The highest BCUT2D eigenvalue weighted by atomic mass is 79.9. The van der Waals surface area contributed by atoms with Gasteiger partial charge in [0.15, 0.2) is 0 Å². The van der Waals surface area contributed by atoms with Crippen LogP contribution >= 0.6 is 15.9 Å². The lowest BCUT2D eigenvalue weighted by molar-refractivity contribution is 0.345. The van der Waals surface area contributed by atoms with Crippen LogP contribution in [0.1, 0.15) is 13.3 Å². The van der Waals surface area contributed by atoms with Crippen LogP contribution in [-0.2, 0) is 0 Å². The molecule has 0 spiro atoms. The number of nitrogens with one attached hydrogen (secondary N) is 1. The molecule has 21 heavy (non-hydrogen) atoms. The molecule has 4 nitrogen and oxygen atoms in total. The molecule has 1 fully saturated rings. The first-order valence-electron chi connectivity index (χ1n) is 7.47. The van der Waals surface area contributed by atoms with Crippen LogP contribution in [0.3, 0.4) is 0 Å². The first-order chi connectivity index (χ1) is 10.2. The van der Waals surface area contributed by atoms with Gasteiger partial charge in [0.2, 0.25) is 0 Å². The van der Waals surface area contributed by atoms with E-state index in [1.807, 2.05) is 24.4 Å². The van der Waals surface area contributed by atoms with E-state index in [2.05, 4.69) is 38.1 Å². The third-order valence-electron chi connectivity index (χ3n) is 4.25. The van der Waals surface area contributed by atoms with E-state index in [4.69, 9.17) is 5.73 Å². The fraction of sp³-hybridized carbons (Fsp3) is 0.438. The van der Waals surface area contributed by atoms with Crippen LogP contribution in [0.5, 0.6) is 0 Å². The summed E-state index contributed by atoms with van der Waals surface area (Å²) in [4.78, 5) is 7.02. The summed E-state index contributed by atoms with van der Waals surface area (Å²) < 4.78 is 0.952. The van der Waals surface area contributed by atoms with E-state index in [1.165, 1.54) is 19.5 Å². The maximum atomic E-state index is 6.05. The molecule has 0 radical (unpaired) electrons. The minimum atomic E-state index is 0.716. The molecule has 112 valence electrons. The number of aromatic nitrogens is 1. The van der Waals surface area contributed by atoms with E-state index >= 15 is 0 Å². The average molecular weight is 349 g/mol. The highest BCUT2D eigenvalue weighted by molar-refractivity contribution is 9.10. The van der Waals surface area contributed by atoms with E-state index in [9.17, 15) is 0 Å². The highest BCUT2D eigenvalue weighted by Crippen LogP contribution is 2.29. The molecule has 0 aliphatic carbocycles. The molecule has 1 aromatic carbocycles. The fourth-order valence-electron chi connectivity index (χ4n) is 2.98. The quantitative estimate of drug-likeness (QED) is 0.832. The summed E-state index contributed by atoms with van der Waals surface area (Å²) in [6.07, 6.45) is 3.09. The van der Waals surface area contributed by atoms with Gasteiger partial charge in [-0.15, -0.1) is 0 Å². The molecule has 1 saturated heterocycles. The fourth-order valence-corrected chi connectivity index (χ4v) is 3.31. The van der Waals surface area contributed by atoms with Gasteiger partial charge in [-0.05, 0) is 59.6 Å². The molecule has 1 aromatic heterocycles. The van der Waals surface area contributed by atoms with Gasteiger partial charge in [0.1, 0.15) is 0 Å². The standard InChI is InChI=1S/C16H21BrN4/c1-2-21-6-5-11(10-21)8-19-15-4-3-14(18)13-7-12(17)9-20-16(13)15/h3-4,7,9,11,19H,2,5-6,8,10,18H2,1H3. The van der Waals surface area contributed by atoms with Crippen molar-refractivity contribution in [3.63, 3.8) is 0 Å². The van der Waals surface area contributed by atoms with E-state index < -0.39 is 0 Å². The number of nitrogens with zero attached hydrogens (tertiary/aromatic N) is 2. The molecule has 0 saturated carbocycles. The van der Waals surface area contributed by atoms with Crippen molar-refractivity contribution < 1.29 is 0 Å². The van der Waals surface area contributed by atoms with Crippen LogP contribution in [0.25, 0.3) is 10.9 Å². The predicted octanol–water partition coefficient (Wildman–Crippen LogP) is 3.33. The van der Waals surface area contributed by atoms with E-state index in [-0.39, 0.29) is 0 Å². The van der Waals surface area contributed by atoms with Gasteiger partial charge in [-0.25, -0.2) is 0 Å². The van der Waals surface area contributed by atoms with E-state index in [0.29, 0.717) is 5.92 Å². The SMILES string of the molecule is CCN1CCC(CNc2ccc(N)c3cc(Br)cnc23)C1. The van der Waals surface area contributed by atoms with Crippen molar-refractivity contribution in [1.29, 1.82) is 0 Å². The van der Waals surface area contributed by atoms with Gasteiger partial charge in [0, 0.05) is 34.8 Å². The number of nitrogen functional groups attached to an aromatic ring is 1. The van der Waals surface area contributed by atoms with Crippen molar-refractivity contribution in [3.8, 4) is 0 Å². The molecule has 2 heterocycles. The van der Waals surface area contributed by atoms with Crippen molar-refractivity contribution in [2.24, 2.45) is 5.92 Å². The van der Waals surface area contributed by atoms with Crippen molar-refractivity contribution in [3.05, 3.63) is 28.9 Å². The minimum Gasteiger partial charge on any atom is -0.398 e. The number of fused-ring (bicyclic) bond motifs is 1. The zero-order valence-corrected chi connectivity index (χ0v) is 13.9. The Morgan fingerprint density at radius 1 is 1.48 bits per heavy atom. The summed E-state index contributed by atoms with van der Waals surface area (Å²) in [6.45, 7) is 6.78. The summed E-state index contributed by atoms with van der Waals surface area (Å²) in [7, 11) is 0. The second kappa shape index (κ2) is 6.20. The van der Waals surface area contributed by atoms with Crippen LogP contribution < -0.4 is 11.1 Å². The first-order valence-corrected chi connectivity index (χ1v) is 8.26. The zero-order chi connectivity index (χ0) is 14.8. The Balaban J connectivity index is 1.77. The molecule has 1 unspecified atom stereocenters. The summed E-state index contributed by atoms with van der Waals surface area (Å²) in [5, 5.41) is 4.56.